The highest BCUT2D eigenvalue weighted by Gasteiger charge is 2.32. The zero-order chi connectivity index (χ0) is 17.5. The van der Waals surface area contributed by atoms with Gasteiger partial charge in [-0.05, 0) is 31.7 Å². The first kappa shape index (κ1) is 16.3. The molecule has 1 saturated heterocycles. The average Bonchev–Trinajstić information content (AvgIpc) is 3.20. The number of halogens is 1. The molecule has 0 spiro atoms. The third-order valence-electron chi connectivity index (χ3n) is 5.16. The Hall–Kier alpha value is -1.92. The Morgan fingerprint density at radius 2 is 1.85 bits per heavy atom. The highest BCUT2D eigenvalue weighted by atomic mass is 35.5. The number of hydrogen-bond acceptors (Lipinski definition) is 6. The van der Waals surface area contributed by atoms with Crippen molar-refractivity contribution in [2.45, 2.75) is 37.5 Å². The molecule has 26 heavy (non-hydrogen) atoms. The van der Waals surface area contributed by atoms with E-state index in [9.17, 15) is 0 Å². The number of anilines is 1. The van der Waals surface area contributed by atoms with Crippen LogP contribution in [0.5, 0.6) is 0 Å². The second-order valence-electron chi connectivity index (χ2n) is 7.02. The first-order chi connectivity index (χ1) is 12.8. The fourth-order valence-electron chi connectivity index (χ4n) is 3.44. The third-order valence-corrected chi connectivity index (χ3v) is 6.39. The first-order valence-electron chi connectivity index (χ1n) is 9.07. The quantitative estimate of drug-likeness (QED) is 0.623. The Balaban J connectivity index is 1.26. The third kappa shape index (κ3) is 3.12. The van der Waals surface area contributed by atoms with Gasteiger partial charge in [-0.3, -0.25) is 0 Å². The standard InChI is InChI=1S/C19H19ClN4OS/c20-15-4-2-1-3-14(15)16-11-26-19(21-16)24-9-7-12(8-10-24)17-22-18(25-23-17)13-5-6-13/h1-4,11-13H,5-10H2. The van der Waals surface area contributed by atoms with E-state index in [0.29, 0.717) is 11.8 Å². The summed E-state index contributed by atoms with van der Waals surface area (Å²) in [5, 5.41) is 8.11. The van der Waals surface area contributed by atoms with Gasteiger partial charge in [-0.15, -0.1) is 11.3 Å². The van der Waals surface area contributed by atoms with Gasteiger partial charge in [0.05, 0.1) is 5.69 Å². The average molecular weight is 387 g/mol. The van der Waals surface area contributed by atoms with Crippen molar-refractivity contribution in [2.24, 2.45) is 0 Å². The summed E-state index contributed by atoms with van der Waals surface area (Å²) in [6, 6.07) is 7.85. The van der Waals surface area contributed by atoms with Crippen LogP contribution in [0.3, 0.4) is 0 Å². The largest absolute Gasteiger partial charge is 0.348 e. The Morgan fingerprint density at radius 3 is 2.62 bits per heavy atom. The summed E-state index contributed by atoms with van der Waals surface area (Å²) in [7, 11) is 0. The zero-order valence-electron chi connectivity index (χ0n) is 14.3. The molecule has 5 rings (SSSR count). The molecule has 0 N–H and O–H groups in total. The molecule has 3 aromatic rings. The van der Waals surface area contributed by atoms with E-state index in [1.165, 1.54) is 12.8 Å². The van der Waals surface area contributed by atoms with Crippen molar-refractivity contribution in [3.8, 4) is 11.3 Å². The maximum atomic E-state index is 6.30. The van der Waals surface area contributed by atoms with E-state index in [2.05, 4.69) is 20.4 Å². The zero-order valence-corrected chi connectivity index (χ0v) is 15.8. The van der Waals surface area contributed by atoms with Crippen LogP contribution in [0.25, 0.3) is 11.3 Å². The second-order valence-corrected chi connectivity index (χ2v) is 8.27. The van der Waals surface area contributed by atoms with Gasteiger partial charge in [0.1, 0.15) is 0 Å². The summed E-state index contributed by atoms with van der Waals surface area (Å²) in [6.45, 7) is 1.93. The van der Waals surface area contributed by atoms with Crippen molar-refractivity contribution in [1.82, 2.24) is 15.1 Å². The fourth-order valence-corrected chi connectivity index (χ4v) is 4.55. The topological polar surface area (TPSA) is 55.1 Å². The molecule has 2 fully saturated rings. The van der Waals surface area contributed by atoms with Gasteiger partial charge in [0.2, 0.25) is 5.89 Å². The second kappa shape index (κ2) is 6.67. The van der Waals surface area contributed by atoms with Crippen LogP contribution in [0.2, 0.25) is 5.02 Å². The van der Waals surface area contributed by atoms with E-state index in [4.69, 9.17) is 21.1 Å². The van der Waals surface area contributed by atoms with Crippen molar-refractivity contribution >= 4 is 28.1 Å². The van der Waals surface area contributed by atoms with Crippen LogP contribution in [-0.2, 0) is 0 Å². The molecule has 7 heteroatoms. The fraction of sp³-hybridized carbons (Fsp3) is 0.421. The van der Waals surface area contributed by atoms with Crippen LogP contribution in [0.15, 0.2) is 34.2 Å². The number of thiazole rings is 1. The summed E-state index contributed by atoms with van der Waals surface area (Å²) in [6.07, 6.45) is 4.45. The minimum absolute atomic E-state index is 0.394. The number of hydrogen-bond donors (Lipinski definition) is 0. The maximum absolute atomic E-state index is 6.30. The summed E-state index contributed by atoms with van der Waals surface area (Å²) in [5.41, 5.74) is 1.94. The first-order valence-corrected chi connectivity index (χ1v) is 10.3. The van der Waals surface area contributed by atoms with Gasteiger partial charge in [-0.2, -0.15) is 4.98 Å². The summed E-state index contributed by atoms with van der Waals surface area (Å²) in [5.74, 6) is 2.65. The van der Waals surface area contributed by atoms with Gasteiger partial charge in [0.25, 0.3) is 0 Å². The number of nitrogens with zero attached hydrogens (tertiary/aromatic N) is 4. The van der Waals surface area contributed by atoms with Crippen LogP contribution in [0, 0.1) is 0 Å². The SMILES string of the molecule is Clc1ccccc1-c1csc(N2CCC(c3noc(C4CC4)n3)CC2)n1. The van der Waals surface area contributed by atoms with Gasteiger partial charge in [0.15, 0.2) is 11.0 Å². The maximum Gasteiger partial charge on any atom is 0.229 e. The van der Waals surface area contributed by atoms with E-state index in [0.717, 1.165) is 59.1 Å². The van der Waals surface area contributed by atoms with Crippen LogP contribution < -0.4 is 4.90 Å². The van der Waals surface area contributed by atoms with Crippen LogP contribution >= 0.6 is 22.9 Å². The molecule has 0 bridgehead atoms. The van der Waals surface area contributed by atoms with Gasteiger partial charge in [-0.25, -0.2) is 4.98 Å². The molecule has 0 amide bonds. The van der Waals surface area contributed by atoms with E-state index in [1.807, 2.05) is 24.3 Å². The van der Waals surface area contributed by atoms with Gasteiger partial charge in [-0.1, -0.05) is 35.0 Å². The number of benzene rings is 1. The molecular formula is C19H19ClN4OS. The predicted molar refractivity (Wildman–Crippen MR) is 103 cm³/mol. The molecular weight excluding hydrogens is 368 g/mol. The van der Waals surface area contributed by atoms with E-state index < -0.39 is 0 Å². The summed E-state index contributed by atoms with van der Waals surface area (Å²) < 4.78 is 5.42. The van der Waals surface area contributed by atoms with Crippen molar-refractivity contribution in [3.63, 3.8) is 0 Å². The molecule has 1 aliphatic heterocycles. The molecule has 3 heterocycles. The number of aromatic nitrogens is 3. The minimum Gasteiger partial charge on any atom is -0.348 e. The molecule has 5 nitrogen and oxygen atoms in total. The molecule has 0 unspecified atom stereocenters. The smallest absolute Gasteiger partial charge is 0.229 e. The lowest BCUT2D eigenvalue weighted by Gasteiger charge is -2.30. The van der Waals surface area contributed by atoms with E-state index in [1.54, 1.807) is 11.3 Å². The molecule has 1 saturated carbocycles. The Labute approximate surface area is 161 Å². The minimum atomic E-state index is 0.394. The van der Waals surface area contributed by atoms with Gasteiger partial charge in [0, 0.05) is 40.9 Å². The molecule has 1 aromatic carbocycles. The molecule has 0 atom stereocenters. The van der Waals surface area contributed by atoms with Crippen LogP contribution in [0.1, 0.15) is 49.2 Å². The Kier molecular flexibility index (Phi) is 4.17. The normalized spacial score (nSPS) is 18.4. The van der Waals surface area contributed by atoms with Gasteiger partial charge >= 0.3 is 0 Å². The lowest BCUT2D eigenvalue weighted by molar-refractivity contribution is 0.365. The van der Waals surface area contributed by atoms with Crippen molar-refractivity contribution in [3.05, 3.63) is 46.4 Å². The van der Waals surface area contributed by atoms with Crippen molar-refractivity contribution in [1.29, 1.82) is 0 Å². The van der Waals surface area contributed by atoms with Crippen LogP contribution in [-0.4, -0.2) is 28.2 Å². The highest BCUT2D eigenvalue weighted by Crippen LogP contribution is 2.40. The van der Waals surface area contributed by atoms with Gasteiger partial charge < -0.3 is 9.42 Å². The Bertz CT molecular complexity index is 912. The molecule has 2 aromatic heterocycles. The highest BCUT2D eigenvalue weighted by molar-refractivity contribution is 7.14. The number of piperidine rings is 1. The molecule has 134 valence electrons. The van der Waals surface area contributed by atoms with Crippen molar-refractivity contribution < 1.29 is 4.52 Å². The van der Waals surface area contributed by atoms with Crippen LogP contribution in [0.4, 0.5) is 5.13 Å². The summed E-state index contributed by atoms with van der Waals surface area (Å²) in [4.78, 5) is 11.8. The molecule has 1 aliphatic carbocycles. The van der Waals surface area contributed by atoms with E-state index >= 15 is 0 Å². The number of rotatable bonds is 4. The Morgan fingerprint density at radius 1 is 1.04 bits per heavy atom. The molecule has 2 aliphatic rings. The lowest BCUT2D eigenvalue weighted by Crippen LogP contribution is -2.33. The molecule has 0 radical (unpaired) electrons. The predicted octanol–water partition coefficient (Wildman–Crippen LogP) is 5.11. The monoisotopic (exact) mass is 386 g/mol. The van der Waals surface area contributed by atoms with E-state index in [-0.39, 0.29) is 0 Å². The summed E-state index contributed by atoms with van der Waals surface area (Å²) >= 11 is 7.98. The lowest BCUT2D eigenvalue weighted by atomic mass is 9.96. The van der Waals surface area contributed by atoms with Crippen molar-refractivity contribution in [2.75, 3.05) is 18.0 Å².